The summed E-state index contributed by atoms with van der Waals surface area (Å²) in [4.78, 5) is 12.2. The molecule has 0 saturated heterocycles. The Morgan fingerprint density at radius 1 is 1.38 bits per heavy atom. The Labute approximate surface area is 129 Å². The molecular formula is C14H19ClN2O3S. The van der Waals surface area contributed by atoms with E-state index >= 15 is 0 Å². The zero-order valence-electron chi connectivity index (χ0n) is 11.8. The normalized spacial score (nSPS) is 17.6. The summed E-state index contributed by atoms with van der Waals surface area (Å²) in [7, 11) is -3.46. The number of nitrogens with one attached hydrogen (secondary N) is 1. The molecule has 0 bridgehead atoms. The molecular weight excluding hydrogens is 312 g/mol. The molecule has 0 spiro atoms. The third kappa shape index (κ3) is 3.49. The van der Waals surface area contributed by atoms with Crippen molar-refractivity contribution in [1.29, 1.82) is 0 Å². The number of nitrogens with two attached hydrogens (primary N) is 1. The highest BCUT2D eigenvalue weighted by Crippen LogP contribution is 2.28. The molecule has 1 aromatic rings. The largest absolute Gasteiger partial charge is 0.397 e. The molecule has 1 unspecified atom stereocenters. The maximum atomic E-state index is 12.4. The van der Waals surface area contributed by atoms with Crippen molar-refractivity contribution in [2.45, 2.75) is 43.1 Å². The molecule has 3 N–H and O–H groups in total. The van der Waals surface area contributed by atoms with E-state index in [9.17, 15) is 13.2 Å². The van der Waals surface area contributed by atoms with Gasteiger partial charge in [0, 0.05) is 5.02 Å². The van der Waals surface area contributed by atoms with E-state index in [1.165, 1.54) is 13.0 Å². The summed E-state index contributed by atoms with van der Waals surface area (Å²) in [6.07, 6.45) is 3.09. The Kier molecular flexibility index (Phi) is 4.78. The standard InChI is InChI=1S/C14H19ClN2O3S/c1-9(21(19,20)11-4-2-3-5-11)14(18)17-13-7-6-10(15)8-12(13)16/h6-9,11H,2-5,16H2,1H3,(H,17,18). The van der Waals surface area contributed by atoms with Gasteiger partial charge < -0.3 is 11.1 Å². The van der Waals surface area contributed by atoms with Gasteiger partial charge in [0.25, 0.3) is 0 Å². The first kappa shape index (κ1) is 16.1. The van der Waals surface area contributed by atoms with E-state index in [1.54, 1.807) is 12.1 Å². The molecule has 1 amide bonds. The van der Waals surface area contributed by atoms with E-state index in [2.05, 4.69) is 5.32 Å². The predicted octanol–water partition coefficient (Wildman–Crippen LogP) is 2.61. The van der Waals surface area contributed by atoms with Crippen LogP contribution in [0.15, 0.2) is 18.2 Å². The monoisotopic (exact) mass is 330 g/mol. The number of carbonyl (C=O) groups is 1. The minimum atomic E-state index is -3.46. The Hall–Kier alpha value is -1.27. The number of anilines is 2. The first-order chi connectivity index (χ1) is 9.82. The predicted molar refractivity (Wildman–Crippen MR) is 85.1 cm³/mol. The summed E-state index contributed by atoms with van der Waals surface area (Å²) in [6.45, 7) is 1.43. The van der Waals surface area contributed by atoms with E-state index in [0.29, 0.717) is 29.2 Å². The Balaban J connectivity index is 2.12. The zero-order valence-corrected chi connectivity index (χ0v) is 13.4. The lowest BCUT2D eigenvalue weighted by Gasteiger charge is -2.18. The Morgan fingerprint density at radius 2 is 2.00 bits per heavy atom. The average molecular weight is 331 g/mol. The molecule has 21 heavy (non-hydrogen) atoms. The second kappa shape index (κ2) is 6.23. The van der Waals surface area contributed by atoms with Crippen LogP contribution >= 0.6 is 11.6 Å². The molecule has 1 atom stereocenters. The Bertz CT molecular complexity index is 640. The molecule has 7 heteroatoms. The van der Waals surface area contributed by atoms with Crippen molar-refractivity contribution in [1.82, 2.24) is 0 Å². The number of carbonyl (C=O) groups excluding carboxylic acids is 1. The fourth-order valence-corrected chi connectivity index (χ4v) is 4.64. The number of rotatable bonds is 4. The number of amides is 1. The number of nitrogen functional groups attached to an aromatic ring is 1. The van der Waals surface area contributed by atoms with Crippen molar-refractivity contribution in [3.05, 3.63) is 23.2 Å². The fraction of sp³-hybridized carbons (Fsp3) is 0.500. The van der Waals surface area contributed by atoms with Gasteiger partial charge in [0.05, 0.1) is 16.6 Å². The lowest BCUT2D eigenvalue weighted by molar-refractivity contribution is -0.115. The third-order valence-corrected chi connectivity index (χ3v) is 6.74. The summed E-state index contributed by atoms with van der Waals surface area (Å²) in [5, 5.41) is 1.53. The second-order valence-corrected chi connectivity index (χ2v) is 8.35. The summed E-state index contributed by atoms with van der Waals surface area (Å²) < 4.78 is 24.8. The molecule has 1 fully saturated rings. The molecule has 1 aliphatic rings. The van der Waals surface area contributed by atoms with E-state index in [0.717, 1.165) is 12.8 Å². The van der Waals surface area contributed by atoms with Gasteiger partial charge in [-0.05, 0) is 38.0 Å². The highest BCUT2D eigenvalue weighted by molar-refractivity contribution is 7.93. The fourth-order valence-electron chi connectivity index (χ4n) is 2.54. The van der Waals surface area contributed by atoms with Crippen LogP contribution in [0, 0.1) is 0 Å². The molecule has 5 nitrogen and oxygen atoms in total. The Morgan fingerprint density at radius 3 is 2.57 bits per heavy atom. The first-order valence-electron chi connectivity index (χ1n) is 6.91. The van der Waals surface area contributed by atoms with Crippen molar-refractivity contribution in [3.63, 3.8) is 0 Å². The molecule has 0 heterocycles. The topological polar surface area (TPSA) is 89.3 Å². The lowest BCUT2D eigenvalue weighted by Crippen LogP contribution is -2.37. The van der Waals surface area contributed by atoms with Gasteiger partial charge in [0.15, 0.2) is 9.84 Å². The summed E-state index contributed by atoms with van der Waals surface area (Å²) in [6, 6.07) is 4.65. The van der Waals surface area contributed by atoms with Crippen LogP contribution in [0.5, 0.6) is 0 Å². The molecule has 1 aliphatic carbocycles. The van der Waals surface area contributed by atoms with Crippen LogP contribution in [0.2, 0.25) is 5.02 Å². The van der Waals surface area contributed by atoms with Crippen LogP contribution in [0.3, 0.4) is 0 Å². The molecule has 1 aromatic carbocycles. The van der Waals surface area contributed by atoms with Gasteiger partial charge in [-0.15, -0.1) is 0 Å². The highest BCUT2D eigenvalue weighted by Gasteiger charge is 2.37. The minimum Gasteiger partial charge on any atom is -0.397 e. The SMILES string of the molecule is CC(C(=O)Nc1ccc(Cl)cc1N)S(=O)(=O)C1CCCC1. The van der Waals surface area contributed by atoms with Gasteiger partial charge in [0.2, 0.25) is 5.91 Å². The van der Waals surface area contributed by atoms with Crippen LogP contribution in [-0.4, -0.2) is 24.8 Å². The maximum absolute atomic E-state index is 12.4. The van der Waals surface area contributed by atoms with Crippen LogP contribution in [0.1, 0.15) is 32.6 Å². The lowest BCUT2D eigenvalue weighted by atomic mass is 10.2. The van der Waals surface area contributed by atoms with Gasteiger partial charge in [-0.2, -0.15) is 0 Å². The molecule has 2 rings (SSSR count). The number of hydrogen-bond donors (Lipinski definition) is 2. The van der Waals surface area contributed by atoms with Crippen LogP contribution in [0.25, 0.3) is 0 Å². The second-order valence-electron chi connectivity index (χ2n) is 5.36. The van der Waals surface area contributed by atoms with Gasteiger partial charge in [-0.3, -0.25) is 4.79 Å². The first-order valence-corrected chi connectivity index (χ1v) is 8.89. The average Bonchev–Trinajstić information content (AvgIpc) is 2.95. The minimum absolute atomic E-state index is 0.307. The van der Waals surface area contributed by atoms with Crippen molar-refractivity contribution in [2.24, 2.45) is 0 Å². The smallest absolute Gasteiger partial charge is 0.242 e. The van der Waals surface area contributed by atoms with E-state index < -0.39 is 26.2 Å². The number of benzene rings is 1. The number of sulfone groups is 1. The number of hydrogen-bond acceptors (Lipinski definition) is 4. The van der Waals surface area contributed by atoms with Crippen molar-refractivity contribution >= 4 is 38.7 Å². The van der Waals surface area contributed by atoms with Crippen molar-refractivity contribution in [2.75, 3.05) is 11.1 Å². The molecule has 116 valence electrons. The molecule has 0 aliphatic heterocycles. The zero-order chi connectivity index (χ0) is 15.6. The van der Waals surface area contributed by atoms with Crippen LogP contribution in [0.4, 0.5) is 11.4 Å². The van der Waals surface area contributed by atoms with Crippen LogP contribution in [-0.2, 0) is 14.6 Å². The van der Waals surface area contributed by atoms with E-state index in [-0.39, 0.29) is 0 Å². The quantitative estimate of drug-likeness (QED) is 0.830. The van der Waals surface area contributed by atoms with Gasteiger partial charge in [-0.25, -0.2) is 8.42 Å². The van der Waals surface area contributed by atoms with Gasteiger partial charge in [-0.1, -0.05) is 24.4 Å². The highest BCUT2D eigenvalue weighted by atomic mass is 35.5. The van der Waals surface area contributed by atoms with E-state index in [1.807, 2.05) is 0 Å². The van der Waals surface area contributed by atoms with Gasteiger partial charge >= 0.3 is 0 Å². The van der Waals surface area contributed by atoms with E-state index in [4.69, 9.17) is 17.3 Å². The summed E-state index contributed by atoms with van der Waals surface area (Å²) in [5.41, 5.74) is 6.43. The molecule has 0 aromatic heterocycles. The molecule has 1 saturated carbocycles. The summed E-state index contributed by atoms with van der Waals surface area (Å²) >= 11 is 5.79. The third-order valence-electron chi connectivity index (χ3n) is 3.90. The number of halogens is 1. The maximum Gasteiger partial charge on any atom is 0.242 e. The molecule has 0 radical (unpaired) electrons. The van der Waals surface area contributed by atoms with Crippen molar-refractivity contribution < 1.29 is 13.2 Å². The van der Waals surface area contributed by atoms with Crippen LogP contribution < -0.4 is 11.1 Å². The van der Waals surface area contributed by atoms with Gasteiger partial charge in [0.1, 0.15) is 5.25 Å². The summed E-state index contributed by atoms with van der Waals surface area (Å²) in [5.74, 6) is -0.559. The van der Waals surface area contributed by atoms with Crippen molar-refractivity contribution in [3.8, 4) is 0 Å².